The highest BCUT2D eigenvalue weighted by Gasteiger charge is 2.35. The van der Waals surface area contributed by atoms with E-state index in [1.165, 1.54) is 49.9 Å². The monoisotopic (exact) mass is 473 g/mol. The lowest BCUT2D eigenvalue weighted by atomic mass is 9.92. The molecule has 182 valence electrons. The van der Waals surface area contributed by atoms with E-state index in [2.05, 4.69) is 9.80 Å². The van der Waals surface area contributed by atoms with Crippen LogP contribution in [0.1, 0.15) is 68.9 Å². The average Bonchev–Trinajstić information content (AvgIpc) is 2.88. The molecular weight excluding hydrogens is 434 g/mol. The summed E-state index contributed by atoms with van der Waals surface area (Å²) in [5.41, 5.74) is 2.49. The zero-order chi connectivity index (χ0) is 22.8. The molecule has 1 aromatic carbocycles. The predicted octanol–water partition coefficient (Wildman–Crippen LogP) is 3.44. The Bertz CT molecular complexity index is 942. The van der Waals surface area contributed by atoms with Crippen molar-refractivity contribution in [2.24, 2.45) is 5.92 Å². The fourth-order valence-electron chi connectivity index (χ4n) is 6.36. The quantitative estimate of drug-likeness (QED) is 0.672. The van der Waals surface area contributed by atoms with E-state index < -0.39 is 10.0 Å². The Hall–Kier alpha value is -1.44. The molecule has 6 nitrogen and oxygen atoms in total. The van der Waals surface area contributed by atoms with Gasteiger partial charge in [0.15, 0.2) is 0 Å². The largest absolute Gasteiger partial charge is 0.342 e. The average molecular weight is 474 g/mol. The minimum absolute atomic E-state index is 0.0356. The van der Waals surface area contributed by atoms with Crippen molar-refractivity contribution < 1.29 is 13.2 Å². The van der Waals surface area contributed by atoms with Crippen LogP contribution in [0.15, 0.2) is 23.1 Å². The summed E-state index contributed by atoms with van der Waals surface area (Å²) in [6, 6.07) is 6.32. The molecule has 1 aromatic rings. The fourth-order valence-corrected chi connectivity index (χ4v) is 7.88. The Morgan fingerprint density at radius 3 is 2.12 bits per heavy atom. The van der Waals surface area contributed by atoms with Crippen LogP contribution in [0.4, 0.5) is 0 Å². The lowest BCUT2D eigenvalue weighted by Gasteiger charge is -2.41. The van der Waals surface area contributed by atoms with Crippen LogP contribution in [0.25, 0.3) is 0 Å². The molecule has 1 aliphatic carbocycles. The minimum Gasteiger partial charge on any atom is -0.342 e. The van der Waals surface area contributed by atoms with Gasteiger partial charge in [-0.2, -0.15) is 4.31 Å². The second-order valence-corrected chi connectivity index (χ2v) is 12.4. The molecule has 0 N–H and O–H groups in total. The summed E-state index contributed by atoms with van der Waals surface area (Å²) in [5.74, 6) is 0.212. The topological polar surface area (TPSA) is 60.9 Å². The Morgan fingerprint density at radius 1 is 0.758 bits per heavy atom. The first-order valence-electron chi connectivity index (χ1n) is 13.2. The number of nitrogens with zero attached hydrogens (tertiary/aromatic N) is 3. The van der Waals surface area contributed by atoms with Gasteiger partial charge in [-0.15, -0.1) is 0 Å². The predicted molar refractivity (Wildman–Crippen MR) is 130 cm³/mol. The molecule has 0 radical (unpaired) electrons. The number of likely N-dealkylation sites (tertiary alicyclic amines) is 2. The molecule has 0 saturated carbocycles. The third kappa shape index (κ3) is 5.01. The van der Waals surface area contributed by atoms with Crippen molar-refractivity contribution in [3.05, 3.63) is 29.3 Å². The summed E-state index contributed by atoms with van der Waals surface area (Å²) in [7, 11) is -3.49. The first-order chi connectivity index (χ1) is 16.0. The molecule has 1 amide bonds. The maximum atomic E-state index is 13.3. The summed E-state index contributed by atoms with van der Waals surface area (Å²) in [5, 5.41) is 0. The van der Waals surface area contributed by atoms with Crippen molar-refractivity contribution >= 4 is 15.9 Å². The summed E-state index contributed by atoms with van der Waals surface area (Å²) in [4.78, 5) is 18.3. The van der Waals surface area contributed by atoms with Gasteiger partial charge in [0, 0.05) is 38.1 Å². The molecule has 5 rings (SSSR count). The molecule has 3 saturated heterocycles. The van der Waals surface area contributed by atoms with E-state index in [1.807, 2.05) is 12.1 Å². The molecule has 3 aliphatic heterocycles. The maximum Gasteiger partial charge on any atom is 0.243 e. The number of rotatable bonds is 4. The van der Waals surface area contributed by atoms with Gasteiger partial charge in [0.05, 0.1) is 4.90 Å². The molecule has 0 unspecified atom stereocenters. The van der Waals surface area contributed by atoms with Gasteiger partial charge in [-0.3, -0.25) is 4.79 Å². The molecule has 33 heavy (non-hydrogen) atoms. The molecular formula is C26H39N3O3S. The number of piperidine rings is 3. The van der Waals surface area contributed by atoms with E-state index in [1.54, 1.807) is 10.4 Å². The van der Waals surface area contributed by atoms with Gasteiger partial charge in [0.1, 0.15) is 0 Å². The van der Waals surface area contributed by atoms with Crippen molar-refractivity contribution in [3.8, 4) is 0 Å². The zero-order valence-electron chi connectivity index (χ0n) is 19.9. The number of amides is 1. The smallest absolute Gasteiger partial charge is 0.243 e. The molecule has 0 atom stereocenters. The molecule has 0 spiro atoms. The Morgan fingerprint density at radius 2 is 1.42 bits per heavy atom. The van der Waals surface area contributed by atoms with Crippen molar-refractivity contribution in [2.45, 2.75) is 81.6 Å². The van der Waals surface area contributed by atoms with Gasteiger partial charge >= 0.3 is 0 Å². The molecule has 3 heterocycles. The van der Waals surface area contributed by atoms with Gasteiger partial charge in [-0.25, -0.2) is 8.42 Å². The summed E-state index contributed by atoms with van der Waals surface area (Å²) < 4.78 is 28.1. The molecule has 3 fully saturated rings. The summed E-state index contributed by atoms with van der Waals surface area (Å²) in [6.07, 6.45) is 11.8. The van der Waals surface area contributed by atoms with Gasteiger partial charge < -0.3 is 9.80 Å². The molecule has 0 aromatic heterocycles. The Labute approximate surface area is 199 Å². The van der Waals surface area contributed by atoms with Crippen molar-refractivity contribution in [2.75, 3.05) is 39.3 Å². The first kappa shape index (κ1) is 23.3. The van der Waals surface area contributed by atoms with Crippen LogP contribution in [0.2, 0.25) is 0 Å². The third-order valence-electron chi connectivity index (χ3n) is 8.44. The second kappa shape index (κ2) is 10.0. The van der Waals surface area contributed by atoms with Crippen LogP contribution in [0, 0.1) is 5.92 Å². The number of benzene rings is 1. The van der Waals surface area contributed by atoms with E-state index in [4.69, 9.17) is 0 Å². The number of hydrogen-bond donors (Lipinski definition) is 0. The van der Waals surface area contributed by atoms with Crippen molar-refractivity contribution in [1.82, 2.24) is 14.1 Å². The Balaban J connectivity index is 1.14. The summed E-state index contributed by atoms with van der Waals surface area (Å²) >= 11 is 0. The van der Waals surface area contributed by atoms with Crippen LogP contribution in [0.5, 0.6) is 0 Å². The van der Waals surface area contributed by atoms with Crippen molar-refractivity contribution in [3.63, 3.8) is 0 Å². The molecule has 7 heteroatoms. The fraction of sp³-hybridized carbons (Fsp3) is 0.731. The van der Waals surface area contributed by atoms with E-state index in [0.717, 1.165) is 45.2 Å². The molecule has 4 aliphatic rings. The van der Waals surface area contributed by atoms with E-state index in [0.29, 0.717) is 36.9 Å². The second-order valence-electron chi connectivity index (χ2n) is 10.5. The maximum absolute atomic E-state index is 13.3. The zero-order valence-corrected chi connectivity index (χ0v) is 20.7. The van der Waals surface area contributed by atoms with Crippen LogP contribution in [-0.4, -0.2) is 73.7 Å². The normalized spacial score (nSPS) is 24.5. The van der Waals surface area contributed by atoms with Crippen LogP contribution < -0.4 is 0 Å². The molecule has 0 bridgehead atoms. The van der Waals surface area contributed by atoms with Gasteiger partial charge in [0.2, 0.25) is 15.9 Å². The first-order valence-corrected chi connectivity index (χ1v) is 14.6. The van der Waals surface area contributed by atoms with E-state index in [9.17, 15) is 13.2 Å². The summed E-state index contributed by atoms with van der Waals surface area (Å²) in [6.45, 7) is 5.03. The van der Waals surface area contributed by atoms with Crippen LogP contribution >= 0.6 is 0 Å². The van der Waals surface area contributed by atoms with Gasteiger partial charge in [-0.1, -0.05) is 12.5 Å². The number of aryl methyl sites for hydroxylation is 2. The van der Waals surface area contributed by atoms with Crippen molar-refractivity contribution in [1.29, 1.82) is 0 Å². The van der Waals surface area contributed by atoms with Gasteiger partial charge in [0.25, 0.3) is 0 Å². The SMILES string of the molecule is O=C(C1CCN(S(=O)(=O)c2ccc3c(c2)CCCC3)CC1)N1CCC(N2CCCCC2)CC1. The highest BCUT2D eigenvalue weighted by Crippen LogP contribution is 2.30. The van der Waals surface area contributed by atoms with Gasteiger partial charge in [-0.05, 0) is 101 Å². The number of carbonyl (C=O) groups is 1. The van der Waals surface area contributed by atoms with E-state index >= 15 is 0 Å². The minimum atomic E-state index is -3.49. The number of carbonyl (C=O) groups excluding carboxylic acids is 1. The van der Waals surface area contributed by atoms with E-state index in [-0.39, 0.29) is 11.8 Å². The lowest BCUT2D eigenvalue weighted by Crippen LogP contribution is -2.50. The van der Waals surface area contributed by atoms with Crippen LogP contribution in [-0.2, 0) is 27.7 Å². The number of hydrogen-bond acceptors (Lipinski definition) is 4. The lowest BCUT2D eigenvalue weighted by molar-refractivity contribution is -0.138. The highest BCUT2D eigenvalue weighted by atomic mass is 32.2. The standard InChI is InChI=1S/C26H39N3O3S/c30-26(28-16-12-24(13-17-28)27-14-4-1-5-15-27)22-10-18-29(19-11-22)33(31,32)25-9-8-21-6-2-3-7-23(21)20-25/h8-9,20,22,24H,1-7,10-19H2. The number of sulfonamides is 1. The Kier molecular flexibility index (Phi) is 7.09. The third-order valence-corrected chi connectivity index (χ3v) is 10.3. The number of fused-ring (bicyclic) bond motifs is 1. The highest BCUT2D eigenvalue weighted by molar-refractivity contribution is 7.89. The van der Waals surface area contributed by atoms with Crippen LogP contribution in [0.3, 0.4) is 0 Å².